The highest BCUT2D eigenvalue weighted by Gasteiger charge is 2.61. The Balaban J connectivity index is 1.68. The topological polar surface area (TPSA) is 101 Å². The maximum absolute atomic E-state index is 12.1. The van der Waals surface area contributed by atoms with E-state index in [-0.39, 0.29) is 6.42 Å². The number of hydrogen-bond acceptors (Lipinski definition) is 7. The van der Waals surface area contributed by atoms with Gasteiger partial charge in [-0.3, -0.25) is 9.59 Å². The average Bonchev–Trinajstić information content (AvgIpc) is 3.52. The molecule has 5 atom stereocenters. The minimum Gasteiger partial charge on any atom is -0.497 e. The lowest BCUT2D eigenvalue weighted by atomic mass is 9.78. The van der Waals surface area contributed by atoms with Crippen LogP contribution in [0.25, 0.3) is 0 Å². The van der Waals surface area contributed by atoms with Gasteiger partial charge in [0.2, 0.25) is 0 Å². The van der Waals surface area contributed by atoms with E-state index >= 15 is 0 Å². The van der Waals surface area contributed by atoms with Crippen LogP contribution in [0.3, 0.4) is 0 Å². The number of carbonyl (C=O) groups is 2. The molecule has 198 valence electrons. The highest BCUT2D eigenvalue weighted by molar-refractivity contribution is 5.72. The number of esters is 1. The van der Waals surface area contributed by atoms with Crippen LogP contribution >= 0.6 is 0 Å². The maximum atomic E-state index is 12.1. The second kappa shape index (κ2) is 10.5. The first-order valence-electron chi connectivity index (χ1n) is 12.4. The molecule has 3 aromatic carbocycles. The van der Waals surface area contributed by atoms with Crippen LogP contribution < -0.4 is 9.47 Å². The van der Waals surface area contributed by atoms with Crippen molar-refractivity contribution >= 4 is 11.9 Å². The predicted octanol–water partition coefficient (Wildman–Crippen LogP) is 4.18. The molecule has 5 unspecified atom stereocenters. The van der Waals surface area contributed by atoms with Gasteiger partial charge in [-0.2, -0.15) is 0 Å². The SMILES string of the molecule is COc1ccc(C(OC2C3CC(C(=O)O)C(O3)C2OC(C)=O)(c2ccccc2)c2ccc(OC)cc2)cc1. The van der Waals surface area contributed by atoms with Gasteiger partial charge in [0.1, 0.15) is 29.3 Å². The molecule has 8 nitrogen and oxygen atoms in total. The van der Waals surface area contributed by atoms with E-state index in [9.17, 15) is 14.7 Å². The minimum absolute atomic E-state index is 0.262. The summed E-state index contributed by atoms with van der Waals surface area (Å²) in [5.41, 5.74) is 1.31. The number of rotatable bonds is 9. The monoisotopic (exact) mass is 518 g/mol. The van der Waals surface area contributed by atoms with E-state index in [4.69, 9.17) is 23.7 Å². The molecule has 3 aromatic rings. The second-order valence-electron chi connectivity index (χ2n) is 9.48. The molecule has 2 fully saturated rings. The zero-order valence-corrected chi connectivity index (χ0v) is 21.4. The fourth-order valence-electron chi connectivity index (χ4n) is 5.60. The molecular formula is C30H30O8. The number of carbonyl (C=O) groups excluding carboxylic acids is 1. The third kappa shape index (κ3) is 4.50. The van der Waals surface area contributed by atoms with Crippen LogP contribution in [0.1, 0.15) is 30.0 Å². The van der Waals surface area contributed by atoms with Crippen LogP contribution in [0.5, 0.6) is 11.5 Å². The van der Waals surface area contributed by atoms with E-state index in [1.165, 1.54) is 6.92 Å². The maximum Gasteiger partial charge on any atom is 0.309 e. The molecule has 2 bridgehead atoms. The van der Waals surface area contributed by atoms with Crippen molar-refractivity contribution in [1.82, 2.24) is 0 Å². The third-order valence-electron chi connectivity index (χ3n) is 7.33. The Morgan fingerprint density at radius 1 is 0.816 bits per heavy atom. The van der Waals surface area contributed by atoms with Crippen LogP contribution in [-0.2, 0) is 29.4 Å². The first-order valence-corrected chi connectivity index (χ1v) is 12.4. The lowest BCUT2D eigenvalue weighted by molar-refractivity contribution is -0.169. The Kier molecular flexibility index (Phi) is 7.10. The molecule has 0 aromatic heterocycles. The van der Waals surface area contributed by atoms with Crippen LogP contribution in [0, 0.1) is 5.92 Å². The summed E-state index contributed by atoms with van der Waals surface area (Å²) in [7, 11) is 3.21. The Morgan fingerprint density at radius 3 is 1.82 bits per heavy atom. The van der Waals surface area contributed by atoms with Crippen LogP contribution in [0.4, 0.5) is 0 Å². The van der Waals surface area contributed by atoms with E-state index in [2.05, 4.69) is 0 Å². The van der Waals surface area contributed by atoms with E-state index < -0.39 is 47.9 Å². The van der Waals surface area contributed by atoms with Gasteiger partial charge in [-0.15, -0.1) is 0 Å². The first-order chi connectivity index (χ1) is 18.4. The molecule has 2 heterocycles. The summed E-state index contributed by atoms with van der Waals surface area (Å²) in [6.45, 7) is 1.30. The van der Waals surface area contributed by atoms with Crippen molar-refractivity contribution in [3.63, 3.8) is 0 Å². The van der Waals surface area contributed by atoms with Crippen molar-refractivity contribution in [3.8, 4) is 11.5 Å². The fourth-order valence-corrected chi connectivity index (χ4v) is 5.60. The fraction of sp³-hybridized carbons (Fsp3) is 0.333. The summed E-state index contributed by atoms with van der Waals surface area (Å²) >= 11 is 0. The summed E-state index contributed by atoms with van der Waals surface area (Å²) < 4.78 is 29.7. The third-order valence-corrected chi connectivity index (χ3v) is 7.33. The molecule has 2 saturated heterocycles. The van der Waals surface area contributed by atoms with Gasteiger partial charge in [0.05, 0.1) is 26.2 Å². The second-order valence-corrected chi connectivity index (χ2v) is 9.48. The van der Waals surface area contributed by atoms with Gasteiger partial charge in [0, 0.05) is 6.92 Å². The molecule has 0 amide bonds. The summed E-state index contributed by atoms with van der Waals surface area (Å²) in [5.74, 6) is -0.903. The number of carboxylic acid groups (broad SMARTS) is 1. The van der Waals surface area contributed by atoms with Gasteiger partial charge in [0.15, 0.2) is 6.10 Å². The predicted molar refractivity (Wildman–Crippen MR) is 137 cm³/mol. The molecule has 0 radical (unpaired) electrons. The largest absolute Gasteiger partial charge is 0.497 e. The van der Waals surface area contributed by atoms with E-state index in [1.807, 2.05) is 78.9 Å². The Hall–Kier alpha value is -3.88. The molecule has 2 aliphatic rings. The standard InChI is InChI=1S/C30H30O8/c1-18(31)36-28-26-24(29(32)33)17-25(37-26)27(28)38-30(19-7-5-4-6-8-19,20-9-13-22(34-2)14-10-20)21-11-15-23(35-3)16-12-21/h4-16,24-28H,17H2,1-3H3,(H,32,33). The highest BCUT2D eigenvalue weighted by atomic mass is 16.6. The summed E-state index contributed by atoms with van der Waals surface area (Å²) in [6, 6.07) is 24.9. The smallest absolute Gasteiger partial charge is 0.309 e. The molecule has 1 N–H and O–H groups in total. The van der Waals surface area contributed by atoms with E-state index in [0.29, 0.717) is 11.5 Å². The van der Waals surface area contributed by atoms with Crippen molar-refractivity contribution < 1.29 is 38.4 Å². The normalized spacial score (nSPS) is 24.1. The number of methoxy groups -OCH3 is 2. The van der Waals surface area contributed by atoms with Gasteiger partial charge in [-0.05, 0) is 47.4 Å². The number of ether oxygens (including phenoxy) is 5. The van der Waals surface area contributed by atoms with Gasteiger partial charge < -0.3 is 28.8 Å². The van der Waals surface area contributed by atoms with Gasteiger partial charge >= 0.3 is 11.9 Å². The number of benzene rings is 3. The Morgan fingerprint density at radius 2 is 1.34 bits per heavy atom. The van der Waals surface area contributed by atoms with Crippen molar-refractivity contribution in [2.75, 3.05) is 14.2 Å². The molecule has 0 aliphatic carbocycles. The first kappa shape index (κ1) is 25.8. The van der Waals surface area contributed by atoms with Crippen LogP contribution in [-0.4, -0.2) is 55.7 Å². The lowest BCUT2D eigenvalue weighted by Crippen LogP contribution is -2.51. The molecule has 38 heavy (non-hydrogen) atoms. The lowest BCUT2D eigenvalue weighted by Gasteiger charge is -2.41. The zero-order valence-electron chi connectivity index (χ0n) is 21.4. The molecular weight excluding hydrogens is 488 g/mol. The molecule has 0 spiro atoms. The van der Waals surface area contributed by atoms with Crippen molar-refractivity contribution in [2.45, 2.75) is 43.4 Å². The molecule has 8 heteroatoms. The molecule has 5 rings (SSSR count). The Bertz CT molecular complexity index is 1220. The van der Waals surface area contributed by atoms with Gasteiger partial charge in [-0.1, -0.05) is 54.6 Å². The summed E-state index contributed by atoms with van der Waals surface area (Å²) in [5, 5.41) is 9.75. The highest BCUT2D eigenvalue weighted by Crippen LogP contribution is 2.49. The van der Waals surface area contributed by atoms with Gasteiger partial charge in [-0.25, -0.2) is 0 Å². The molecule has 0 saturated carbocycles. The van der Waals surface area contributed by atoms with Crippen molar-refractivity contribution in [2.24, 2.45) is 5.92 Å². The molecule has 2 aliphatic heterocycles. The van der Waals surface area contributed by atoms with Crippen LogP contribution in [0.2, 0.25) is 0 Å². The van der Waals surface area contributed by atoms with E-state index in [1.54, 1.807) is 14.2 Å². The summed E-state index contributed by atoms with van der Waals surface area (Å²) in [6.07, 6.45) is -2.70. The van der Waals surface area contributed by atoms with Crippen LogP contribution in [0.15, 0.2) is 78.9 Å². The van der Waals surface area contributed by atoms with Crippen molar-refractivity contribution in [1.29, 1.82) is 0 Å². The minimum atomic E-state index is -1.16. The number of fused-ring (bicyclic) bond motifs is 2. The quantitative estimate of drug-likeness (QED) is 0.333. The number of carboxylic acids is 1. The number of aliphatic carboxylic acids is 1. The van der Waals surface area contributed by atoms with Crippen molar-refractivity contribution in [3.05, 3.63) is 95.6 Å². The summed E-state index contributed by atoms with van der Waals surface area (Å²) in [4.78, 5) is 24.0. The zero-order chi connectivity index (χ0) is 26.9. The number of hydrogen-bond donors (Lipinski definition) is 1. The Labute approximate surface area is 221 Å². The van der Waals surface area contributed by atoms with Gasteiger partial charge in [0.25, 0.3) is 0 Å². The average molecular weight is 519 g/mol. The van der Waals surface area contributed by atoms with E-state index in [0.717, 1.165) is 16.7 Å².